The first-order valence-electron chi connectivity index (χ1n) is 7.81. The van der Waals surface area contributed by atoms with E-state index in [1.807, 2.05) is 61.5 Å². The molecule has 0 radical (unpaired) electrons. The summed E-state index contributed by atoms with van der Waals surface area (Å²) in [4.78, 5) is 23.7. The van der Waals surface area contributed by atoms with Crippen LogP contribution in [0.4, 0.5) is 0 Å². The molecular formula is C20H21NO3. The van der Waals surface area contributed by atoms with Crippen LogP contribution >= 0.6 is 0 Å². The highest BCUT2D eigenvalue weighted by Gasteiger charge is 2.15. The van der Waals surface area contributed by atoms with Crippen LogP contribution in [-0.2, 0) is 20.9 Å². The van der Waals surface area contributed by atoms with Gasteiger partial charge >= 0.3 is 5.97 Å². The summed E-state index contributed by atoms with van der Waals surface area (Å²) < 4.78 is 5.11. The molecule has 0 aliphatic carbocycles. The average Bonchev–Trinajstić information content (AvgIpc) is 2.60. The van der Waals surface area contributed by atoms with Gasteiger partial charge in [-0.1, -0.05) is 60.2 Å². The molecule has 1 amide bonds. The summed E-state index contributed by atoms with van der Waals surface area (Å²) in [5.74, 6) is -0.867. The zero-order chi connectivity index (χ0) is 17.4. The molecule has 124 valence electrons. The molecule has 0 bridgehead atoms. The van der Waals surface area contributed by atoms with Gasteiger partial charge < -0.3 is 10.1 Å². The van der Waals surface area contributed by atoms with Crippen molar-refractivity contribution in [1.29, 1.82) is 0 Å². The van der Waals surface area contributed by atoms with Gasteiger partial charge in [0.2, 0.25) is 0 Å². The second kappa shape index (κ2) is 8.67. The number of amides is 1. The van der Waals surface area contributed by atoms with Crippen LogP contribution in [-0.4, -0.2) is 18.0 Å². The number of benzene rings is 2. The van der Waals surface area contributed by atoms with Crippen molar-refractivity contribution in [1.82, 2.24) is 5.32 Å². The van der Waals surface area contributed by atoms with Crippen molar-refractivity contribution < 1.29 is 14.3 Å². The molecule has 0 fully saturated rings. The van der Waals surface area contributed by atoms with E-state index in [2.05, 4.69) is 5.32 Å². The normalized spacial score (nSPS) is 11.9. The highest BCUT2D eigenvalue weighted by atomic mass is 16.5. The number of esters is 1. The first-order chi connectivity index (χ1) is 11.5. The third-order valence-corrected chi connectivity index (χ3v) is 3.46. The van der Waals surface area contributed by atoms with E-state index in [4.69, 9.17) is 4.74 Å². The Hall–Kier alpha value is -2.88. The number of aryl methyl sites for hydroxylation is 1. The number of hydrogen-bond acceptors (Lipinski definition) is 3. The Bertz CT molecular complexity index is 705. The van der Waals surface area contributed by atoms with E-state index in [0.29, 0.717) is 6.54 Å². The number of carbonyl (C=O) groups is 2. The van der Waals surface area contributed by atoms with Crippen molar-refractivity contribution in [2.24, 2.45) is 0 Å². The van der Waals surface area contributed by atoms with Crippen molar-refractivity contribution in [3.8, 4) is 0 Å². The Morgan fingerprint density at radius 1 is 1.08 bits per heavy atom. The first-order valence-corrected chi connectivity index (χ1v) is 7.81. The fourth-order valence-electron chi connectivity index (χ4n) is 2.04. The number of hydrogen-bond donors (Lipinski definition) is 1. The molecule has 1 atom stereocenters. The monoisotopic (exact) mass is 323 g/mol. The van der Waals surface area contributed by atoms with Gasteiger partial charge in [0, 0.05) is 12.6 Å². The fraction of sp³-hybridized carbons (Fsp3) is 0.200. The predicted molar refractivity (Wildman–Crippen MR) is 94.1 cm³/mol. The lowest BCUT2D eigenvalue weighted by atomic mass is 10.1. The van der Waals surface area contributed by atoms with E-state index in [1.165, 1.54) is 6.08 Å². The molecule has 1 unspecified atom stereocenters. The molecule has 2 rings (SSSR count). The lowest BCUT2D eigenvalue weighted by Crippen LogP contribution is -2.35. The molecule has 2 aromatic carbocycles. The zero-order valence-electron chi connectivity index (χ0n) is 13.9. The smallest absolute Gasteiger partial charge is 0.331 e. The summed E-state index contributed by atoms with van der Waals surface area (Å²) >= 11 is 0. The summed E-state index contributed by atoms with van der Waals surface area (Å²) in [6.07, 6.45) is 2.14. The van der Waals surface area contributed by atoms with E-state index in [-0.39, 0.29) is 5.91 Å². The van der Waals surface area contributed by atoms with Gasteiger partial charge in [-0.15, -0.1) is 0 Å². The molecule has 0 aromatic heterocycles. The highest BCUT2D eigenvalue weighted by Crippen LogP contribution is 2.05. The minimum absolute atomic E-state index is 0.323. The molecule has 4 nitrogen and oxygen atoms in total. The van der Waals surface area contributed by atoms with Crippen LogP contribution in [0, 0.1) is 6.92 Å². The maximum absolute atomic E-state index is 12.0. The molecule has 0 heterocycles. The Balaban J connectivity index is 1.79. The lowest BCUT2D eigenvalue weighted by molar-refractivity contribution is -0.150. The molecule has 0 aliphatic heterocycles. The first kappa shape index (κ1) is 17.5. The van der Waals surface area contributed by atoms with Gasteiger partial charge in [0.1, 0.15) is 0 Å². The summed E-state index contributed by atoms with van der Waals surface area (Å²) in [7, 11) is 0. The van der Waals surface area contributed by atoms with E-state index < -0.39 is 12.1 Å². The van der Waals surface area contributed by atoms with Crippen LogP contribution in [0.15, 0.2) is 60.7 Å². The topological polar surface area (TPSA) is 55.4 Å². The molecule has 0 saturated heterocycles. The van der Waals surface area contributed by atoms with Crippen molar-refractivity contribution in [3.05, 3.63) is 77.4 Å². The van der Waals surface area contributed by atoms with Crippen LogP contribution in [0.1, 0.15) is 23.6 Å². The Morgan fingerprint density at radius 3 is 2.42 bits per heavy atom. The van der Waals surface area contributed by atoms with Gasteiger partial charge in [0.25, 0.3) is 5.91 Å². The second-order valence-corrected chi connectivity index (χ2v) is 5.53. The molecule has 4 heteroatoms. The zero-order valence-corrected chi connectivity index (χ0v) is 13.9. The van der Waals surface area contributed by atoms with E-state index in [1.54, 1.807) is 13.0 Å². The summed E-state index contributed by atoms with van der Waals surface area (Å²) in [6, 6.07) is 17.3. The molecule has 24 heavy (non-hydrogen) atoms. The van der Waals surface area contributed by atoms with Gasteiger partial charge in [-0.05, 0) is 31.1 Å². The van der Waals surface area contributed by atoms with E-state index in [9.17, 15) is 9.59 Å². The van der Waals surface area contributed by atoms with Crippen molar-refractivity contribution in [2.45, 2.75) is 26.5 Å². The molecule has 2 aromatic rings. The van der Waals surface area contributed by atoms with E-state index >= 15 is 0 Å². The SMILES string of the molecule is Cc1ccc(/C=C/C(=O)OC(C)C(=O)NCc2ccccc2)cc1. The molecule has 0 saturated carbocycles. The standard InChI is InChI=1S/C20H21NO3/c1-15-8-10-17(11-9-15)12-13-19(22)24-16(2)20(23)21-14-18-6-4-3-5-7-18/h3-13,16H,14H2,1-2H3,(H,21,23)/b13-12+. The van der Waals surface area contributed by atoms with Gasteiger partial charge in [-0.2, -0.15) is 0 Å². The van der Waals surface area contributed by atoms with Gasteiger partial charge in [-0.3, -0.25) is 4.79 Å². The minimum atomic E-state index is -0.844. The van der Waals surface area contributed by atoms with Gasteiger partial charge in [0.15, 0.2) is 6.10 Å². The Kier molecular flexibility index (Phi) is 6.32. The number of rotatable bonds is 6. The quantitative estimate of drug-likeness (QED) is 0.656. The summed E-state index contributed by atoms with van der Waals surface area (Å²) in [5, 5.41) is 2.74. The average molecular weight is 323 g/mol. The predicted octanol–water partition coefficient (Wildman–Crippen LogP) is 3.26. The molecule has 1 N–H and O–H groups in total. The third kappa shape index (κ3) is 5.72. The Morgan fingerprint density at radius 2 is 1.75 bits per heavy atom. The number of ether oxygens (including phenoxy) is 1. The van der Waals surface area contributed by atoms with Gasteiger partial charge in [-0.25, -0.2) is 4.79 Å². The largest absolute Gasteiger partial charge is 0.449 e. The number of nitrogens with one attached hydrogen (secondary N) is 1. The Labute approximate surface area is 142 Å². The van der Waals surface area contributed by atoms with E-state index in [0.717, 1.165) is 16.7 Å². The summed E-state index contributed by atoms with van der Waals surface area (Å²) in [6.45, 7) is 3.95. The van der Waals surface area contributed by atoms with Crippen LogP contribution < -0.4 is 5.32 Å². The van der Waals surface area contributed by atoms with Crippen LogP contribution in [0.5, 0.6) is 0 Å². The highest BCUT2D eigenvalue weighted by molar-refractivity contribution is 5.90. The summed E-state index contributed by atoms with van der Waals surface area (Å²) in [5.41, 5.74) is 3.04. The number of carbonyl (C=O) groups excluding carboxylic acids is 2. The molecule has 0 aliphatic rings. The maximum Gasteiger partial charge on any atom is 0.331 e. The molecular weight excluding hydrogens is 302 g/mol. The van der Waals surface area contributed by atoms with Gasteiger partial charge in [0.05, 0.1) is 0 Å². The van der Waals surface area contributed by atoms with Crippen molar-refractivity contribution in [2.75, 3.05) is 0 Å². The van der Waals surface area contributed by atoms with Crippen LogP contribution in [0.25, 0.3) is 6.08 Å². The fourth-order valence-corrected chi connectivity index (χ4v) is 2.04. The third-order valence-electron chi connectivity index (χ3n) is 3.46. The van der Waals surface area contributed by atoms with Crippen molar-refractivity contribution >= 4 is 18.0 Å². The minimum Gasteiger partial charge on any atom is -0.449 e. The lowest BCUT2D eigenvalue weighted by Gasteiger charge is -2.12. The second-order valence-electron chi connectivity index (χ2n) is 5.53. The maximum atomic E-state index is 12.0. The van der Waals surface area contributed by atoms with Crippen LogP contribution in [0.3, 0.4) is 0 Å². The molecule has 0 spiro atoms. The van der Waals surface area contributed by atoms with Crippen LogP contribution in [0.2, 0.25) is 0 Å². The van der Waals surface area contributed by atoms with Crippen molar-refractivity contribution in [3.63, 3.8) is 0 Å².